The average Bonchev–Trinajstić information content (AvgIpc) is 3.08. The average molecular weight is 328 g/mol. The zero-order chi connectivity index (χ0) is 16.8. The lowest BCUT2D eigenvalue weighted by Crippen LogP contribution is -2.41. The van der Waals surface area contributed by atoms with Gasteiger partial charge in [-0.05, 0) is 44.4 Å². The van der Waals surface area contributed by atoms with Gasteiger partial charge in [-0.1, -0.05) is 17.7 Å². The molecule has 0 saturated carbocycles. The van der Waals surface area contributed by atoms with Crippen LogP contribution in [0.4, 0.5) is 10.5 Å². The van der Waals surface area contributed by atoms with Crippen LogP contribution in [0.5, 0.6) is 0 Å². The molecule has 1 aliphatic rings. The van der Waals surface area contributed by atoms with Gasteiger partial charge < -0.3 is 15.1 Å². The van der Waals surface area contributed by atoms with E-state index >= 15 is 0 Å². The van der Waals surface area contributed by atoms with Crippen LogP contribution in [0.15, 0.2) is 41.3 Å². The van der Waals surface area contributed by atoms with Crippen molar-refractivity contribution in [2.24, 2.45) is 5.92 Å². The number of piperidine rings is 1. The van der Waals surface area contributed by atoms with Crippen LogP contribution in [0.25, 0.3) is 0 Å². The molecule has 1 aromatic carbocycles. The molecule has 2 amide bonds. The number of benzene rings is 1. The molecule has 0 bridgehead atoms. The minimum Gasteiger partial charge on any atom is -0.451 e. The maximum absolute atomic E-state index is 12.0. The van der Waals surface area contributed by atoms with E-state index in [1.54, 1.807) is 6.26 Å². The molecule has 1 saturated heterocycles. The van der Waals surface area contributed by atoms with Gasteiger partial charge >= 0.3 is 6.03 Å². The number of likely N-dealkylation sites (tertiary alicyclic amines) is 1. The van der Waals surface area contributed by atoms with Crippen LogP contribution < -0.4 is 10.6 Å². The Hall–Kier alpha value is -2.34. The molecule has 1 fully saturated rings. The third-order valence-corrected chi connectivity index (χ3v) is 4.33. The highest BCUT2D eigenvalue weighted by Crippen LogP contribution is 2.17. The van der Waals surface area contributed by atoms with Crippen molar-refractivity contribution in [3.63, 3.8) is 0 Å². The van der Waals surface area contributed by atoms with E-state index in [4.69, 9.17) is 4.42 Å². The van der Waals surface area contributed by atoms with Gasteiger partial charge in [-0.3, -0.25) is 4.90 Å². The van der Waals surface area contributed by atoms with E-state index in [1.165, 1.54) is 12.0 Å². The molecule has 0 spiro atoms. The van der Waals surface area contributed by atoms with Gasteiger partial charge in [0.05, 0.1) is 5.69 Å². The van der Waals surface area contributed by atoms with E-state index in [9.17, 15) is 4.79 Å². The lowest BCUT2D eigenvalue weighted by molar-refractivity contribution is 0.164. The largest absolute Gasteiger partial charge is 0.451 e. The Balaban J connectivity index is 1.42. The maximum Gasteiger partial charge on any atom is 0.319 e. The first-order valence-electron chi connectivity index (χ1n) is 8.40. The Morgan fingerprint density at radius 1 is 1.38 bits per heavy atom. The van der Waals surface area contributed by atoms with Crippen LogP contribution in [-0.4, -0.2) is 35.5 Å². The van der Waals surface area contributed by atoms with Gasteiger partial charge in [-0.25, -0.2) is 9.78 Å². The van der Waals surface area contributed by atoms with Crippen LogP contribution in [0.3, 0.4) is 0 Å². The van der Waals surface area contributed by atoms with Crippen molar-refractivity contribution in [2.75, 3.05) is 25.0 Å². The fourth-order valence-electron chi connectivity index (χ4n) is 3.06. The highest BCUT2D eigenvalue weighted by molar-refractivity contribution is 5.89. The molecule has 0 radical (unpaired) electrons. The summed E-state index contributed by atoms with van der Waals surface area (Å²) >= 11 is 0. The predicted molar refractivity (Wildman–Crippen MR) is 92.7 cm³/mol. The van der Waals surface area contributed by atoms with Crippen molar-refractivity contribution in [3.8, 4) is 0 Å². The van der Waals surface area contributed by atoms with Gasteiger partial charge in [0, 0.05) is 25.3 Å². The van der Waals surface area contributed by atoms with Crippen LogP contribution in [0.2, 0.25) is 0 Å². The number of nitrogens with zero attached hydrogens (tertiary/aromatic N) is 2. The summed E-state index contributed by atoms with van der Waals surface area (Å²) in [5, 5.41) is 5.85. The Bertz CT molecular complexity index is 640. The lowest BCUT2D eigenvalue weighted by Gasteiger charge is -2.32. The number of hydrogen-bond donors (Lipinski definition) is 2. The standard InChI is InChI=1S/C18H24N4O2/c1-14-4-6-16(7-5-14)21-18(23)19-9-15-3-2-8-22(10-15)11-17-12-24-13-20-17/h4-7,12-13,15H,2-3,8-11H2,1H3,(H2,19,21,23). The Morgan fingerprint density at radius 3 is 2.96 bits per heavy atom. The third kappa shape index (κ3) is 4.83. The first-order valence-corrected chi connectivity index (χ1v) is 8.40. The molecule has 6 heteroatoms. The van der Waals surface area contributed by atoms with Crippen molar-refractivity contribution in [2.45, 2.75) is 26.3 Å². The van der Waals surface area contributed by atoms with Gasteiger partial charge in [0.2, 0.25) is 0 Å². The number of carbonyl (C=O) groups excluding carboxylic acids is 1. The summed E-state index contributed by atoms with van der Waals surface area (Å²) in [6.07, 6.45) is 5.44. The number of hydrogen-bond acceptors (Lipinski definition) is 4. The van der Waals surface area contributed by atoms with Crippen LogP contribution in [0, 0.1) is 12.8 Å². The van der Waals surface area contributed by atoms with E-state index in [0.29, 0.717) is 12.5 Å². The van der Waals surface area contributed by atoms with Gasteiger partial charge in [0.25, 0.3) is 0 Å². The van der Waals surface area contributed by atoms with Gasteiger partial charge in [0.15, 0.2) is 6.39 Å². The molecule has 1 atom stereocenters. The number of anilines is 1. The van der Waals surface area contributed by atoms with Gasteiger partial charge in [-0.2, -0.15) is 0 Å². The Kier molecular flexibility index (Phi) is 5.48. The second-order valence-corrected chi connectivity index (χ2v) is 6.42. The molecular formula is C18H24N4O2. The second-order valence-electron chi connectivity index (χ2n) is 6.42. The summed E-state index contributed by atoms with van der Waals surface area (Å²) in [5.74, 6) is 0.467. The van der Waals surface area contributed by atoms with Crippen molar-refractivity contribution in [1.29, 1.82) is 0 Å². The maximum atomic E-state index is 12.0. The Morgan fingerprint density at radius 2 is 2.21 bits per heavy atom. The minimum absolute atomic E-state index is 0.146. The number of amides is 2. The van der Waals surface area contributed by atoms with E-state index in [1.807, 2.05) is 31.2 Å². The molecule has 2 N–H and O–H groups in total. The number of rotatable bonds is 5. The fraction of sp³-hybridized carbons (Fsp3) is 0.444. The van der Waals surface area contributed by atoms with Crippen molar-refractivity contribution < 1.29 is 9.21 Å². The van der Waals surface area contributed by atoms with E-state index in [-0.39, 0.29) is 6.03 Å². The zero-order valence-corrected chi connectivity index (χ0v) is 14.0. The predicted octanol–water partition coefficient (Wildman–Crippen LogP) is 3.02. The molecule has 24 heavy (non-hydrogen) atoms. The number of urea groups is 1. The summed E-state index contributed by atoms with van der Waals surface area (Å²) in [4.78, 5) is 18.6. The van der Waals surface area contributed by atoms with Crippen LogP contribution in [0.1, 0.15) is 24.1 Å². The first kappa shape index (κ1) is 16.5. The second kappa shape index (κ2) is 7.97. The SMILES string of the molecule is Cc1ccc(NC(=O)NCC2CCCN(Cc3cocn3)C2)cc1. The number of oxazole rings is 1. The van der Waals surface area contributed by atoms with Crippen LogP contribution in [-0.2, 0) is 6.54 Å². The molecule has 6 nitrogen and oxygen atoms in total. The smallest absolute Gasteiger partial charge is 0.319 e. The third-order valence-electron chi connectivity index (χ3n) is 4.33. The van der Waals surface area contributed by atoms with Gasteiger partial charge in [0.1, 0.15) is 6.26 Å². The van der Waals surface area contributed by atoms with Gasteiger partial charge in [-0.15, -0.1) is 0 Å². The summed E-state index contributed by atoms with van der Waals surface area (Å²) < 4.78 is 5.02. The van der Waals surface area contributed by atoms with E-state index < -0.39 is 0 Å². The highest BCUT2D eigenvalue weighted by atomic mass is 16.3. The molecule has 1 unspecified atom stereocenters. The first-order chi connectivity index (χ1) is 11.7. The quantitative estimate of drug-likeness (QED) is 0.885. The topological polar surface area (TPSA) is 70.4 Å². The fourth-order valence-corrected chi connectivity index (χ4v) is 3.06. The number of carbonyl (C=O) groups is 1. The summed E-state index contributed by atoms with van der Waals surface area (Å²) in [5.41, 5.74) is 2.95. The summed E-state index contributed by atoms with van der Waals surface area (Å²) in [6.45, 7) is 5.56. The number of aromatic nitrogens is 1. The normalized spacial score (nSPS) is 18.3. The van der Waals surface area contributed by atoms with E-state index in [2.05, 4.69) is 20.5 Å². The number of aryl methyl sites for hydroxylation is 1. The summed E-state index contributed by atoms with van der Waals surface area (Å²) in [7, 11) is 0. The Labute approximate surface area is 142 Å². The zero-order valence-electron chi connectivity index (χ0n) is 14.0. The lowest BCUT2D eigenvalue weighted by atomic mass is 9.98. The van der Waals surface area contributed by atoms with Crippen molar-refractivity contribution in [3.05, 3.63) is 48.2 Å². The van der Waals surface area contributed by atoms with Crippen molar-refractivity contribution in [1.82, 2.24) is 15.2 Å². The molecule has 0 aliphatic carbocycles. The molecule has 1 aliphatic heterocycles. The molecule has 1 aromatic heterocycles. The molecule has 2 heterocycles. The molecular weight excluding hydrogens is 304 g/mol. The van der Waals surface area contributed by atoms with Crippen LogP contribution >= 0.6 is 0 Å². The van der Waals surface area contributed by atoms with E-state index in [0.717, 1.165) is 43.9 Å². The number of nitrogens with one attached hydrogen (secondary N) is 2. The molecule has 128 valence electrons. The highest BCUT2D eigenvalue weighted by Gasteiger charge is 2.21. The summed E-state index contributed by atoms with van der Waals surface area (Å²) in [6, 6.07) is 7.65. The molecule has 2 aromatic rings. The monoisotopic (exact) mass is 328 g/mol. The van der Waals surface area contributed by atoms with Crippen molar-refractivity contribution >= 4 is 11.7 Å². The minimum atomic E-state index is -0.146. The molecule has 3 rings (SSSR count).